The van der Waals surface area contributed by atoms with E-state index in [1.807, 2.05) is 6.07 Å². The Balaban J connectivity index is 2.48. The van der Waals surface area contributed by atoms with Gasteiger partial charge < -0.3 is 5.73 Å². The SMILES string of the molecule is Cc1cc(C2CC2)c(N)cc1[N+](=O)[O-]. The van der Waals surface area contributed by atoms with Gasteiger partial charge in [-0.1, -0.05) is 0 Å². The highest BCUT2D eigenvalue weighted by molar-refractivity contribution is 5.59. The number of nitrogens with zero attached hydrogens (tertiary/aromatic N) is 1. The van der Waals surface area contributed by atoms with Gasteiger partial charge >= 0.3 is 0 Å². The van der Waals surface area contributed by atoms with E-state index in [-0.39, 0.29) is 10.6 Å². The minimum atomic E-state index is -0.387. The number of anilines is 1. The Kier molecular flexibility index (Phi) is 1.91. The first-order valence-corrected chi connectivity index (χ1v) is 4.64. The molecule has 0 unspecified atom stereocenters. The minimum absolute atomic E-state index is 0.118. The fourth-order valence-electron chi connectivity index (χ4n) is 1.68. The van der Waals surface area contributed by atoms with E-state index >= 15 is 0 Å². The van der Waals surface area contributed by atoms with Crippen molar-refractivity contribution in [2.75, 3.05) is 5.73 Å². The van der Waals surface area contributed by atoms with Crippen molar-refractivity contribution in [2.45, 2.75) is 25.7 Å². The Morgan fingerprint density at radius 3 is 2.64 bits per heavy atom. The molecule has 1 aliphatic carbocycles. The molecule has 0 radical (unpaired) electrons. The van der Waals surface area contributed by atoms with Crippen LogP contribution < -0.4 is 5.73 Å². The van der Waals surface area contributed by atoms with Crippen LogP contribution in [0.2, 0.25) is 0 Å². The van der Waals surface area contributed by atoms with Crippen molar-refractivity contribution < 1.29 is 4.92 Å². The van der Waals surface area contributed by atoms with Crippen LogP contribution in [0, 0.1) is 17.0 Å². The lowest BCUT2D eigenvalue weighted by Crippen LogP contribution is -1.98. The summed E-state index contributed by atoms with van der Waals surface area (Å²) in [5.74, 6) is 0.537. The number of aryl methyl sites for hydroxylation is 1. The molecule has 0 bridgehead atoms. The van der Waals surface area contributed by atoms with Gasteiger partial charge in [-0.25, -0.2) is 0 Å². The highest BCUT2D eigenvalue weighted by Crippen LogP contribution is 2.44. The summed E-state index contributed by atoms with van der Waals surface area (Å²) in [5.41, 5.74) is 8.22. The molecule has 0 aromatic heterocycles. The number of benzene rings is 1. The number of hydrogen-bond acceptors (Lipinski definition) is 3. The van der Waals surface area contributed by atoms with E-state index in [9.17, 15) is 10.1 Å². The van der Waals surface area contributed by atoms with Crippen LogP contribution in [-0.4, -0.2) is 4.92 Å². The Morgan fingerprint density at radius 2 is 2.14 bits per heavy atom. The monoisotopic (exact) mass is 192 g/mol. The van der Waals surface area contributed by atoms with Crippen molar-refractivity contribution in [3.8, 4) is 0 Å². The minimum Gasteiger partial charge on any atom is -0.398 e. The normalized spacial score (nSPS) is 15.5. The second-order valence-electron chi connectivity index (χ2n) is 3.80. The second kappa shape index (κ2) is 2.97. The van der Waals surface area contributed by atoms with E-state index < -0.39 is 0 Å². The molecule has 0 amide bonds. The summed E-state index contributed by atoms with van der Waals surface area (Å²) in [6, 6.07) is 3.33. The van der Waals surface area contributed by atoms with Gasteiger partial charge in [0, 0.05) is 17.3 Å². The van der Waals surface area contributed by atoms with Gasteiger partial charge in [0.2, 0.25) is 0 Å². The lowest BCUT2D eigenvalue weighted by molar-refractivity contribution is -0.385. The van der Waals surface area contributed by atoms with Crippen LogP contribution in [0.15, 0.2) is 12.1 Å². The molecule has 0 heterocycles. The number of hydrogen-bond donors (Lipinski definition) is 1. The van der Waals surface area contributed by atoms with Gasteiger partial charge in [0.1, 0.15) is 0 Å². The lowest BCUT2D eigenvalue weighted by Gasteiger charge is -2.05. The fraction of sp³-hybridized carbons (Fsp3) is 0.400. The van der Waals surface area contributed by atoms with Crippen molar-refractivity contribution in [2.24, 2.45) is 0 Å². The molecule has 2 rings (SSSR count). The molecule has 4 heteroatoms. The van der Waals surface area contributed by atoms with Crippen LogP contribution in [-0.2, 0) is 0 Å². The molecule has 14 heavy (non-hydrogen) atoms. The van der Waals surface area contributed by atoms with E-state index in [1.54, 1.807) is 6.92 Å². The summed E-state index contributed by atoms with van der Waals surface area (Å²) in [6.45, 7) is 1.75. The molecular weight excluding hydrogens is 180 g/mol. The maximum Gasteiger partial charge on any atom is 0.274 e. The van der Waals surface area contributed by atoms with Crippen molar-refractivity contribution >= 4 is 11.4 Å². The number of nitrogen functional groups attached to an aromatic ring is 1. The molecule has 1 aromatic rings. The molecule has 0 saturated heterocycles. The van der Waals surface area contributed by atoms with Gasteiger partial charge in [-0.2, -0.15) is 0 Å². The van der Waals surface area contributed by atoms with Crippen LogP contribution in [0.1, 0.15) is 29.9 Å². The van der Waals surface area contributed by atoms with Gasteiger partial charge in [-0.15, -0.1) is 0 Å². The van der Waals surface area contributed by atoms with E-state index in [4.69, 9.17) is 5.73 Å². The second-order valence-corrected chi connectivity index (χ2v) is 3.80. The fourth-order valence-corrected chi connectivity index (χ4v) is 1.68. The van der Waals surface area contributed by atoms with Gasteiger partial charge in [-0.05, 0) is 37.3 Å². The summed E-state index contributed by atoms with van der Waals surface area (Å²) in [7, 11) is 0. The molecule has 4 nitrogen and oxygen atoms in total. The molecule has 1 fully saturated rings. The van der Waals surface area contributed by atoms with Gasteiger partial charge in [0.25, 0.3) is 5.69 Å². The van der Waals surface area contributed by atoms with Gasteiger partial charge in [0.05, 0.1) is 4.92 Å². The summed E-state index contributed by atoms with van der Waals surface area (Å²) in [5, 5.41) is 10.6. The van der Waals surface area contributed by atoms with Crippen LogP contribution in [0.25, 0.3) is 0 Å². The third-order valence-corrected chi connectivity index (χ3v) is 2.62. The van der Waals surface area contributed by atoms with Gasteiger partial charge in [0.15, 0.2) is 0 Å². The predicted molar refractivity (Wildman–Crippen MR) is 54.2 cm³/mol. The maximum absolute atomic E-state index is 10.6. The van der Waals surface area contributed by atoms with E-state index in [1.165, 1.54) is 6.07 Å². The maximum atomic E-state index is 10.6. The van der Waals surface area contributed by atoms with Crippen LogP contribution in [0.3, 0.4) is 0 Å². The lowest BCUT2D eigenvalue weighted by atomic mass is 10.0. The molecule has 0 spiro atoms. The van der Waals surface area contributed by atoms with Crippen molar-refractivity contribution in [1.29, 1.82) is 0 Å². The Bertz CT molecular complexity index is 397. The number of rotatable bonds is 2. The molecule has 1 aliphatic rings. The molecule has 1 saturated carbocycles. The first-order chi connectivity index (χ1) is 6.59. The van der Waals surface area contributed by atoms with E-state index in [0.29, 0.717) is 17.2 Å². The van der Waals surface area contributed by atoms with Crippen LogP contribution >= 0.6 is 0 Å². The first-order valence-electron chi connectivity index (χ1n) is 4.64. The number of nitro benzene ring substituents is 1. The van der Waals surface area contributed by atoms with E-state index in [2.05, 4.69) is 0 Å². The smallest absolute Gasteiger partial charge is 0.274 e. The Morgan fingerprint density at radius 1 is 1.50 bits per heavy atom. The zero-order valence-electron chi connectivity index (χ0n) is 7.99. The highest BCUT2D eigenvalue weighted by Gasteiger charge is 2.27. The molecule has 1 aromatic carbocycles. The van der Waals surface area contributed by atoms with Crippen molar-refractivity contribution in [3.05, 3.63) is 33.4 Å². The molecule has 0 atom stereocenters. The zero-order chi connectivity index (χ0) is 10.3. The predicted octanol–water partition coefficient (Wildman–Crippen LogP) is 2.36. The topological polar surface area (TPSA) is 69.2 Å². The third-order valence-electron chi connectivity index (χ3n) is 2.62. The molecule has 74 valence electrons. The van der Waals surface area contributed by atoms with Crippen molar-refractivity contribution in [1.82, 2.24) is 0 Å². The average Bonchev–Trinajstić information content (AvgIpc) is 2.91. The molecular formula is C10H12N2O2. The molecule has 0 aliphatic heterocycles. The Labute approximate surface area is 81.9 Å². The Hall–Kier alpha value is -1.58. The number of nitrogens with two attached hydrogens (primary N) is 1. The third kappa shape index (κ3) is 1.43. The largest absolute Gasteiger partial charge is 0.398 e. The van der Waals surface area contributed by atoms with Gasteiger partial charge in [-0.3, -0.25) is 10.1 Å². The first kappa shape index (κ1) is 8.99. The molecule has 2 N–H and O–H groups in total. The quantitative estimate of drug-likeness (QED) is 0.444. The summed E-state index contributed by atoms with van der Waals surface area (Å²) < 4.78 is 0. The van der Waals surface area contributed by atoms with Crippen LogP contribution in [0.5, 0.6) is 0 Å². The highest BCUT2D eigenvalue weighted by atomic mass is 16.6. The van der Waals surface area contributed by atoms with Crippen molar-refractivity contribution in [3.63, 3.8) is 0 Å². The standard InChI is InChI=1S/C10H12N2O2/c1-6-4-8(7-2-3-7)9(11)5-10(6)12(13)14/h4-5,7H,2-3,11H2,1H3. The van der Waals surface area contributed by atoms with Crippen LogP contribution in [0.4, 0.5) is 11.4 Å². The summed E-state index contributed by atoms with van der Waals surface area (Å²) in [4.78, 5) is 10.2. The summed E-state index contributed by atoms with van der Waals surface area (Å²) in [6.07, 6.45) is 2.31. The number of nitro groups is 1. The summed E-state index contributed by atoms with van der Waals surface area (Å²) >= 11 is 0. The zero-order valence-corrected chi connectivity index (χ0v) is 7.99. The average molecular weight is 192 g/mol. The van der Waals surface area contributed by atoms with E-state index in [0.717, 1.165) is 18.4 Å².